The zero-order chi connectivity index (χ0) is 13.4. The molecule has 0 heterocycles. The van der Waals surface area contributed by atoms with Crippen molar-refractivity contribution in [3.8, 4) is 0 Å². The Morgan fingerprint density at radius 2 is 1.94 bits per heavy atom. The van der Waals surface area contributed by atoms with Gasteiger partial charge in [0.05, 0.1) is 13.0 Å². The third-order valence-electron chi connectivity index (χ3n) is 3.80. The second-order valence-electron chi connectivity index (χ2n) is 5.01. The molecule has 1 aliphatic carbocycles. The molecule has 0 aromatic heterocycles. The van der Waals surface area contributed by atoms with Crippen LogP contribution in [-0.2, 0) is 9.53 Å². The summed E-state index contributed by atoms with van der Waals surface area (Å²) in [6, 6.07) is 1.08. The molecule has 106 valence electrons. The lowest BCUT2D eigenvalue weighted by Gasteiger charge is -2.35. The monoisotopic (exact) mass is 256 g/mol. The van der Waals surface area contributed by atoms with Crippen molar-refractivity contribution in [1.82, 2.24) is 10.2 Å². The Labute approximate surface area is 111 Å². The molecule has 1 aliphatic rings. The Morgan fingerprint density at radius 3 is 2.50 bits per heavy atom. The predicted molar refractivity (Wildman–Crippen MR) is 73.6 cm³/mol. The summed E-state index contributed by atoms with van der Waals surface area (Å²) < 4.78 is 5.23. The Bertz CT molecular complexity index is 238. The molecule has 1 rings (SSSR count). The van der Waals surface area contributed by atoms with Gasteiger partial charge < -0.3 is 15.0 Å². The summed E-state index contributed by atoms with van der Waals surface area (Å²) >= 11 is 0. The minimum atomic E-state index is 0.218. The van der Waals surface area contributed by atoms with Gasteiger partial charge in [0, 0.05) is 25.7 Å². The van der Waals surface area contributed by atoms with E-state index in [0.717, 1.165) is 19.4 Å². The van der Waals surface area contributed by atoms with Crippen LogP contribution in [0.5, 0.6) is 0 Å². The van der Waals surface area contributed by atoms with Gasteiger partial charge in [-0.3, -0.25) is 4.79 Å². The van der Waals surface area contributed by atoms with Gasteiger partial charge in [-0.2, -0.15) is 0 Å². The summed E-state index contributed by atoms with van der Waals surface area (Å²) in [5.74, 6) is 0.218. The van der Waals surface area contributed by atoms with Crippen LogP contribution in [0.2, 0.25) is 0 Å². The molecule has 0 aromatic rings. The molecule has 1 saturated carbocycles. The fourth-order valence-electron chi connectivity index (χ4n) is 2.64. The van der Waals surface area contributed by atoms with Crippen LogP contribution in [0.4, 0.5) is 0 Å². The molecule has 1 fully saturated rings. The summed E-state index contributed by atoms with van der Waals surface area (Å²) in [4.78, 5) is 13.9. The van der Waals surface area contributed by atoms with Crippen molar-refractivity contribution < 1.29 is 9.53 Å². The number of rotatable bonds is 7. The number of hydrogen-bond acceptors (Lipinski definition) is 3. The molecule has 1 amide bonds. The second kappa shape index (κ2) is 8.48. The highest BCUT2D eigenvalue weighted by molar-refractivity contribution is 5.76. The number of carbonyl (C=O) groups excluding carboxylic acids is 1. The van der Waals surface area contributed by atoms with Gasteiger partial charge in [0.2, 0.25) is 5.91 Å². The summed E-state index contributed by atoms with van der Waals surface area (Å²) in [5.41, 5.74) is 0. The molecular weight excluding hydrogens is 228 g/mol. The van der Waals surface area contributed by atoms with E-state index < -0.39 is 0 Å². The van der Waals surface area contributed by atoms with Crippen LogP contribution in [0.25, 0.3) is 0 Å². The first-order valence-corrected chi connectivity index (χ1v) is 7.25. The standard InChI is InChI=1S/C14H28N2O2/c1-4-15-12-6-8-13(9-7-12)16(3)14(17)10-11-18-5-2/h12-13,15H,4-11H2,1-3H3. The van der Waals surface area contributed by atoms with Gasteiger partial charge in [-0.25, -0.2) is 0 Å². The zero-order valence-electron chi connectivity index (χ0n) is 12.1. The summed E-state index contributed by atoms with van der Waals surface area (Å²) in [6.07, 6.45) is 5.11. The summed E-state index contributed by atoms with van der Waals surface area (Å²) in [7, 11) is 1.94. The van der Waals surface area contributed by atoms with E-state index in [1.165, 1.54) is 12.8 Å². The number of nitrogens with zero attached hydrogens (tertiary/aromatic N) is 1. The number of ether oxygens (including phenoxy) is 1. The molecule has 0 aliphatic heterocycles. The minimum Gasteiger partial charge on any atom is -0.381 e. The third kappa shape index (κ3) is 4.94. The zero-order valence-corrected chi connectivity index (χ0v) is 12.1. The maximum absolute atomic E-state index is 12.0. The molecule has 4 heteroatoms. The average Bonchev–Trinajstić information content (AvgIpc) is 2.39. The highest BCUT2D eigenvalue weighted by Gasteiger charge is 2.25. The van der Waals surface area contributed by atoms with Gasteiger partial charge in [0.1, 0.15) is 0 Å². The highest BCUT2D eigenvalue weighted by Crippen LogP contribution is 2.22. The first-order valence-electron chi connectivity index (χ1n) is 7.25. The SMILES string of the molecule is CCNC1CCC(N(C)C(=O)CCOCC)CC1. The first kappa shape index (κ1) is 15.4. The fourth-order valence-corrected chi connectivity index (χ4v) is 2.64. The number of nitrogens with one attached hydrogen (secondary N) is 1. The van der Waals surface area contributed by atoms with Crippen LogP contribution in [0, 0.1) is 0 Å². The lowest BCUT2D eigenvalue weighted by Crippen LogP contribution is -2.43. The van der Waals surface area contributed by atoms with E-state index in [1.54, 1.807) is 0 Å². The molecule has 0 saturated heterocycles. The Kier molecular flexibility index (Phi) is 7.28. The molecule has 18 heavy (non-hydrogen) atoms. The predicted octanol–water partition coefficient (Wildman–Crippen LogP) is 1.79. The van der Waals surface area contributed by atoms with Crippen LogP contribution in [-0.4, -0.2) is 49.7 Å². The second-order valence-corrected chi connectivity index (χ2v) is 5.01. The highest BCUT2D eigenvalue weighted by atomic mass is 16.5. The molecule has 0 unspecified atom stereocenters. The lowest BCUT2D eigenvalue weighted by molar-refractivity contribution is -0.133. The molecular formula is C14H28N2O2. The molecule has 4 nitrogen and oxygen atoms in total. The van der Waals surface area contributed by atoms with E-state index >= 15 is 0 Å². The van der Waals surface area contributed by atoms with Crippen molar-refractivity contribution in [2.24, 2.45) is 0 Å². The van der Waals surface area contributed by atoms with Gasteiger partial charge in [0.15, 0.2) is 0 Å². The van der Waals surface area contributed by atoms with Crippen LogP contribution in [0.1, 0.15) is 46.0 Å². The average molecular weight is 256 g/mol. The number of hydrogen-bond donors (Lipinski definition) is 1. The van der Waals surface area contributed by atoms with Crippen molar-refractivity contribution >= 4 is 5.91 Å². The van der Waals surface area contributed by atoms with Crippen molar-refractivity contribution in [3.63, 3.8) is 0 Å². The molecule has 0 aromatic carbocycles. The van der Waals surface area contributed by atoms with Crippen LogP contribution >= 0.6 is 0 Å². The minimum absolute atomic E-state index is 0.218. The Hall–Kier alpha value is -0.610. The first-order chi connectivity index (χ1) is 8.69. The van der Waals surface area contributed by atoms with Gasteiger partial charge >= 0.3 is 0 Å². The number of amides is 1. The van der Waals surface area contributed by atoms with Crippen molar-refractivity contribution in [2.45, 2.75) is 58.0 Å². The molecule has 0 spiro atoms. The van der Waals surface area contributed by atoms with Gasteiger partial charge in [-0.15, -0.1) is 0 Å². The van der Waals surface area contributed by atoms with Crippen molar-refractivity contribution in [3.05, 3.63) is 0 Å². The maximum atomic E-state index is 12.0. The van der Waals surface area contributed by atoms with Gasteiger partial charge in [-0.1, -0.05) is 6.92 Å². The maximum Gasteiger partial charge on any atom is 0.224 e. The van der Waals surface area contributed by atoms with E-state index in [-0.39, 0.29) is 5.91 Å². The third-order valence-corrected chi connectivity index (χ3v) is 3.80. The number of carbonyl (C=O) groups is 1. The van der Waals surface area contributed by atoms with Crippen LogP contribution in [0.15, 0.2) is 0 Å². The topological polar surface area (TPSA) is 41.6 Å². The molecule has 1 N–H and O–H groups in total. The van der Waals surface area contributed by atoms with Crippen molar-refractivity contribution in [2.75, 3.05) is 26.8 Å². The largest absolute Gasteiger partial charge is 0.381 e. The van der Waals surface area contributed by atoms with E-state index in [4.69, 9.17) is 4.74 Å². The van der Waals surface area contributed by atoms with Gasteiger partial charge in [-0.05, 0) is 39.2 Å². The van der Waals surface area contributed by atoms with E-state index in [1.807, 2.05) is 18.9 Å². The molecule has 0 atom stereocenters. The van der Waals surface area contributed by atoms with E-state index in [0.29, 0.717) is 31.7 Å². The molecule has 0 bridgehead atoms. The normalized spacial score (nSPS) is 23.9. The Morgan fingerprint density at radius 1 is 1.28 bits per heavy atom. The lowest BCUT2D eigenvalue weighted by atomic mass is 9.90. The van der Waals surface area contributed by atoms with E-state index in [9.17, 15) is 4.79 Å². The van der Waals surface area contributed by atoms with Crippen LogP contribution in [0.3, 0.4) is 0 Å². The van der Waals surface area contributed by atoms with Crippen molar-refractivity contribution in [1.29, 1.82) is 0 Å². The quantitative estimate of drug-likeness (QED) is 0.706. The Balaban J connectivity index is 2.26. The van der Waals surface area contributed by atoms with Gasteiger partial charge in [0.25, 0.3) is 0 Å². The van der Waals surface area contributed by atoms with E-state index in [2.05, 4.69) is 12.2 Å². The summed E-state index contributed by atoms with van der Waals surface area (Å²) in [6.45, 7) is 6.38. The fraction of sp³-hybridized carbons (Fsp3) is 0.929. The summed E-state index contributed by atoms with van der Waals surface area (Å²) in [5, 5.41) is 3.49. The smallest absolute Gasteiger partial charge is 0.224 e. The molecule has 0 radical (unpaired) electrons. The van der Waals surface area contributed by atoms with Crippen LogP contribution < -0.4 is 5.32 Å².